The van der Waals surface area contributed by atoms with Gasteiger partial charge in [-0.3, -0.25) is 14.4 Å². The average Bonchev–Trinajstić information content (AvgIpc) is 3.03. The van der Waals surface area contributed by atoms with Gasteiger partial charge in [0.25, 0.3) is 11.8 Å². The molecule has 0 aliphatic heterocycles. The second-order valence-electron chi connectivity index (χ2n) is 4.98. The van der Waals surface area contributed by atoms with Gasteiger partial charge in [0.1, 0.15) is 5.76 Å². The molecule has 0 spiro atoms. The lowest BCUT2D eigenvalue weighted by molar-refractivity contribution is -0.120. The summed E-state index contributed by atoms with van der Waals surface area (Å²) in [6.07, 6.45) is 0. The number of nitrogens with zero attached hydrogens (tertiary/aromatic N) is 1. The van der Waals surface area contributed by atoms with Crippen LogP contribution < -0.4 is 16.0 Å². The molecule has 0 aliphatic rings. The van der Waals surface area contributed by atoms with Crippen molar-refractivity contribution in [1.29, 1.82) is 0 Å². The van der Waals surface area contributed by atoms with E-state index in [1.54, 1.807) is 37.3 Å². The molecule has 3 N–H and O–H groups in total. The monoisotopic (exact) mass is 330 g/mol. The number of amides is 3. The minimum absolute atomic E-state index is 0.135. The first kappa shape index (κ1) is 17.2. The van der Waals surface area contributed by atoms with Crippen LogP contribution in [0.1, 0.15) is 26.6 Å². The molecular formula is C16H18N4O4. The molecule has 0 unspecified atom stereocenters. The molecule has 0 fully saturated rings. The molecule has 3 amide bonds. The van der Waals surface area contributed by atoms with Crippen molar-refractivity contribution in [3.05, 3.63) is 53.4 Å². The van der Waals surface area contributed by atoms with Gasteiger partial charge in [-0.2, -0.15) is 0 Å². The molecule has 0 radical (unpaired) electrons. The molecule has 1 aromatic carbocycles. The number of carbonyl (C=O) groups excluding carboxylic acids is 3. The maximum absolute atomic E-state index is 11.8. The molecule has 1 aromatic heterocycles. The Morgan fingerprint density at radius 3 is 2.38 bits per heavy atom. The maximum atomic E-state index is 11.8. The van der Waals surface area contributed by atoms with E-state index in [9.17, 15) is 14.4 Å². The summed E-state index contributed by atoms with van der Waals surface area (Å²) < 4.78 is 4.80. The highest BCUT2D eigenvalue weighted by atomic mass is 16.5. The zero-order chi connectivity index (χ0) is 17.4. The van der Waals surface area contributed by atoms with Crippen molar-refractivity contribution in [2.24, 2.45) is 0 Å². The summed E-state index contributed by atoms with van der Waals surface area (Å²) in [5.41, 5.74) is 0.675. The molecular weight excluding hydrogens is 312 g/mol. The van der Waals surface area contributed by atoms with Crippen molar-refractivity contribution in [1.82, 2.24) is 21.1 Å². The van der Waals surface area contributed by atoms with E-state index in [0.29, 0.717) is 11.3 Å². The maximum Gasteiger partial charge on any atom is 0.273 e. The lowest BCUT2D eigenvalue weighted by Gasteiger charge is -2.07. The van der Waals surface area contributed by atoms with Gasteiger partial charge >= 0.3 is 0 Å². The number of carbonyl (C=O) groups is 3. The third-order valence-corrected chi connectivity index (χ3v) is 3.04. The van der Waals surface area contributed by atoms with Crippen molar-refractivity contribution in [2.45, 2.75) is 6.92 Å². The molecule has 8 nitrogen and oxygen atoms in total. The Morgan fingerprint density at radius 2 is 1.71 bits per heavy atom. The van der Waals surface area contributed by atoms with Crippen LogP contribution in [0.2, 0.25) is 0 Å². The number of benzene rings is 1. The van der Waals surface area contributed by atoms with Gasteiger partial charge in [0.15, 0.2) is 5.69 Å². The van der Waals surface area contributed by atoms with Crippen LogP contribution in [0, 0.1) is 6.92 Å². The summed E-state index contributed by atoms with van der Waals surface area (Å²) in [5, 5.41) is 11.3. The number of aromatic nitrogens is 1. The zero-order valence-electron chi connectivity index (χ0n) is 13.2. The van der Waals surface area contributed by atoms with E-state index >= 15 is 0 Å². The summed E-state index contributed by atoms with van der Waals surface area (Å²) in [6, 6.07) is 10.1. The molecule has 2 aromatic rings. The topological polar surface area (TPSA) is 113 Å². The molecule has 0 bridgehead atoms. The van der Waals surface area contributed by atoms with E-state index in [2.05, 4.69) is 21.1 Å². The van der Waals surface area contributed by atoms with Gasteiger partial charge in [-0.1, -0.05) is 23.4 Å². The van der Waals surface area contributed by atoms with Crippen molar-refractivity contribution >= 4 is 17.7 Å². The van der Waals surface area contributed by atoms with Crippen LogP contribution in [-0.2, 0) is 4.79 Å². The highest BCUT2D eigenvalue weighted by molar-refractivity contribution is 5.96. The first-order valence-electron chi connectivity index (χ1n) is 7.37. The summed E-state index contributed by atoms with van der Waals surface area (Å²) in [5.74, 6) is -0.493. The van der Waals surface area contributed by atoms with E-state index in [4.69, 9.17) is 4.52 Å². The van der Waals surface area contributed by atoms with E-state index in [1.807, 2.05) is 0 Å². The fourth-order valence-electron chi connectivity index (χ4n) is 1.86. The number of aryl methyl sites for hydroxylation is 1. The second kappa shape index (κ2) is 8.47. The molecule has 0 atom stereocenters. The Balaban J connectivity index is 1.61. The Morgan fingerprint density at radius 1 is 1.00 bits per heavy atom. The van der Waals surface area contributed by atoms with Gasteiger partial charge in [0.2, 0.25) is 5.91 Å². The van der Waals surface area contributed by atoms with Gasteiger partial charge < -0.3 is 20.5 Å². The Hall–Kier alpha value is -3.16. The van der Waals surface area contributed by atoms with Crippen LogP contribution >= 0.6 is 0 Å². The van der Waals surface area contributed by atoms with Crippen molar-refractivity contribution in [2.75, 3.05) is 19.6 Å². The number of nitrogens with one attached hydrogen (secondary N) is 3. The van der Waals surface area contributed by atoms with Gasteiger partial charge in [-0.15, -0.1) is 0 Å². The number of hydrogen-bond donors (Lipinski definition) is 3. The van der Waals surface area contributed by atoms with E-state index in [1.165, 1.54) is 6.07 Å². The first-order chi connectivity index (χ1) is 11.6. The number of rotatable bonds is 7. The van der Waals surface area contributed by atoms with Crippen LogP contribution in [0.15, 0.2) is 40.9 Å². The molecule has 0 saturated heterocycles. The molecule has 1 heterocycles. The van der Waals surface area contributed by atoms with Crippen LogP contribution in [0.3, 0.4) is 0 Å². The SMILES string of the molecule is Cc1cc(C(=O)NCCNC(=O)CNC(=O)c2ccccc2)no1. The fraction of sp³-hybridized carbons (Fsp3) is 0.250. The lowest BCUT2D eigenvalue weighted by Crippen LogP contribution is -2.40. The predicted octanol–water partition coefficient (Wildman–Crippen LogP) is 0.259. The third kappa shape index (κ3) is 5.24. The zero-order valence-corrected chi connectivity index (χ0v) is 13.2. The average molecular weight is 330 g/mol. The summed E-state index contributed by atoms with van der Waals surface area (Å²) >= 11 is 0. The molecule has 8 heteroatoms. The van der Waals surface area contributed by atoms with Crippen molar-refractivity contribution < 1.29 is 18.9 Å². The summed E-state index contributed by atoms with van der Waals surface area (Å²) in [7, 11) is 0. The predicted molar refractivity (Wildman–Crippen MR) is 85.4 cm³/mol. The van der Waals surface area contributed by atoms with Crippen LogP contribution in [0.25, 0.3) is 0 Å². The summed E-state index contributed by atoms with van der Waals surface area (Å²) in [4.78, 5) is 35.1. The molecule has 126 valence electrons. The van der Waals surface area contributed by atoms with Crippen molar-refractivity contribution in [3.8, 4) is 0 Å². The van der Waals surface area contributed by atoms with Gasteiger partial charge in [-0.05, 0) is 19.1 Å². The van der Waals surface area contributed by atoms with Crippen LogP contribution in [-0.4, -0.2) is 42.5 Å². The second-order valence-corrected chi connectivity index (χ2v) is 4.98. The minimum atomic E-state index is -0.376. The molecule has 2 rings (SSSR count). The molecule has 24 heavy (non-hydrogen) atoms. The van der Waals surface area contributed by atoms with Gasteiger partial charge in [-0.25, -0.2) is 0 Å². The van der Waals surface area contributed by atoms with Crippen molar-refractivity contribution in [3.63, 3.8) is 0 Å². The molecule has 0 aliphatic carbocycles. The van der Waals surface area contributed by atoms with E-state index < -0.39 is 0 Å². The minimum Gasteiger partial charge on any atom is -0.361 e. The highest BCUT2D eigenvalue weighted by Crippen LogP contribution is 2.00. The van der Waals surface area contributed by atoms with Crippen LogP contribution in [0.5, 0.6) is 0 Å². The standard InChI is InChI=1S/C16H18N4O4/c1-11-9-13(20-24-11)16(23)18-8-7-17-14(21)10-19-15(22)12-5-3-2-4-6-12/h2-6,9H,7-8,10H2,1H3,(H,17,21)(H,18,23)(H,19,22). The highest BCUT2D eigenvalue weighted by Gasteiger charge is 2.10. The van der Waals surface area contributed by atoms with Crippen LogP contribution in [0.4, 0.5) is 0 Å². The van der Waals surface area contributed by atoms with Gasteiger partial charge in [0.05, 0.1) is 6.54 Å². The Bertz CT molecular complexity index is 712. The lowest BCUT2D eigenvalue weighted by atomic mass is 10.2. The summed E-state index contributed by atoms with van der Waals surface area (Å²) in [6.45, 7) is 2.03. The van der Waals surface area contributed by atoms with Gasteiger partial charge in [0, 0.05) is 24.7 Å². The Labute approximate surface area is 138 Å². The quantitative estimate of drug-likeness (QED) is 0.630. The fourth-order valence-corrected chi connectivity index (χ4v) is 1.86. The number of hydrogen-bond acceptors (Lipinski definition) is 5. The largest absolute Gasteiger partial charge is 0.361 e. The smallest absolute Gasteiger partial charge is 0.273 e. The van der Waals surface area contributed by atoms with E-state index in [0.717, 1.165) is 0 Å². The first-order valence-corrected chi connectivity index (χ1v) is 7.37. The normalized spacial score (nSPS) is 10.0. The molecule has 0 saturated carbocycles. The van der Waals surface area contributed by atoms with E-state index in [-0.39, 0.29) is 43.0 Å². The third-order valence-electron chi connectivity index (χ3n) is 3.04. The Kier molecular flexibility index (Phi) is 6.07.